The van der Waals surface area contributed by atoms with E-state index in [0.717, 1.165) is 11.1 Å². The molecule has 7 nitrogen and oxygen atoms in total. The number of rotatable bonds is 4. The average molecular weight is 309 g/mol. The fraction of sp³-hybridized carbons (Fsp3) is 0.125. The van der Waals surface area contributed by atoms with Crippen molar-refractivity contribution in [1.82, 2.24) is 20.2 Å². The number of aryl methyl sites for hydroxylation is 1. The SMILES string of the molecule is Cc1ccc(NC(=O)[C@@H](c2ccccc2)n2cnnn2)c(O)c1. The molecule has 3 aromatic rings. The maximum absolute atomic E-state index is 12.7. The first kappa shape index (κ1) is 14.7. The number of phenols is 1. The lowest BCUT2D eigenvalue weighted by Gasteiger charge is -2.17. The molecule has 1 aromatic heterocycles. The lowest BCUT2D eigenvalue weighted by atomic mass is 10.1. The number of hydrogen-bond donors (Lipinski definition) is 2. The van der Waals surface area contributed by atoms with Crippen LogP contribution in [-0.4, -0.2) is 31.2 Å². The normalized spacial score (nSPS) is 11.9. The zero-order chi connectivity index (χ0) is 16.2. The highest BCUT2D eigenvalue weighted by Gasteiger charge is 2.24. The maximum atomic E-state index is 12.7. The van der Waals surface area contributed by atoms with Crippen LogP contribution in [0.25, 0.3) is 0 Å². The highest BCUT2D eigenvalue weighted by atomic mass is 16.3. The number of benzene rings is 2. The van der Waals surface area contributed by atoms with Crippen molar-refractivity contribution in [2.45, 2.75) is 13.0 Å². The van der Waals surface area contributed by atoms with Crippen molar-refractivity contribution in [3.8, 4) is 5.75 Å². The second-order valence-electron chi connectivity index (χ2n) is 5.11. The first-order chi connectivity index (χ1) is 11.1. The van der Waals surface area contributed by atoms with Crippen LogP contribution in [-0.2, 0) is 4.79 Å². The summed E-state index contributed by atoms with van der Waals surface area (Å²) in [5.74, 6) is -0.329. The number of hydrogen-bond acceptors (Lipinski definition) is 5. The van der Waals surface area contributed by atoms with Crippen LogP contribution in [0.4, 0.5) is 5.69 Å². The Morgan fingerprint density at radius 2 is 2.00 bits per heavy atom. The van der Waals surface area contributed by atoms with Crippen molar-refractivity contribution in [2.75, 3.05) is 5.32 Å². The number of amides is 1. The third-order valence-electron chi connectivity index (χ3n) is 3.40. The number of carbonyl (C=O) groups is 1. The molecule has 0 radical (unpaired) electrons. The largest absolute Gasteiger partial charge is 0.506 e. The summed E-state index contributed by atoms with van der Waals surface area (Å²) in [5.41, 5.74) is 1.99. The van der Waals surface area contributed by atoms with Crippen LogP contribution in [0.5, 0.6) is 5.75 Å². The molecule has 3 rings (SSSR count). The molecule has 23 heavy (non-hydrogen) atoms. The van der Waals surface area contributed by atoms with Gasteiger partial charge in [0.2, 0.25) is 0 Å². The molecule has 0 saturated heterocycles. The monoisotopic (exact) mass is 309 g/mol. The smallest absolute Gasteiger partial charge is 0.254 e. The van der Waals surface area contributed by atoms with Crippen molar-refractivity contribution in [3.63, 3.8) is 0 Å². The van der Waals surface area contributed by atoms with Gasteiger partial charge >= 0.3 is 0 Å². The summed E-state index contributed by atoms with van der Waals surface area (Å²) < 4.78 is 1.37. The molecule has 2 aromatic carbocycles. The molecular formula is C16H15N5O2. The fourth-order valence-electron chi connectivity index (χ4n) is 2.29. The van der Waals surface area contributed by atoms with Crippen LogP contribution in [0.2, 0.25) is 0 Å². The van der Waals surface area contributed by atoms with Gasteiger partial charge in [0.15, 0.2) is 6.04 Å². The first-order valence-electron chi connectivity index (χ1n) is 7.03. The summed E-state index contributed by atoms with van der Waals surface area (Å²) in [6.45, 7) is 1.86. The fourth-order valence-corrected chi connectivity index (χ4v) is 2.29. The summed E-state index contributed by atoms with van der Waals surface area (Å²) in [6, 6.07) is 13.5. The van der Waals surface area contributed by atoms with Gasteiger partial charge in [-0.3, -0.25) is 4.79 Å². The number of anilines is 1. The van der Waals surface area contributed by atoms with Crippen molar-refractivity contribution < 1.29 is 9.90 Å². The molecule has 2 N–H and O–H groups in total. The minimum atomic E-state index is -0.730. The van der Waals surface area contributed by atoms with Crippen molar-refractivity contribution in [1.29, 1.82) is 0 Å². The van der Waals surface area contributed by atoms with Gasteiger partial charge in [-0.25, -0.2) is 4.68 Å². The van der Waals surface area contributed by atoms with E-state index in [0.29, 0.717) is 5.69 Å². The van der Waals surface area contributed by atoms with Crippen LogP contribution in [0.3, 0.4) is 0 Å². The van der Waals surface area contributed by atoms with E-state index in [1.54, 1.807) is 12.1 Å². The predicted molar refractivity (Wildman–Crippen MR) is 83.9 cm³/mol. The Balaban J connectivity index is 1.92. The molecule has 116 valence electrons. The molecule has 0 bridgehead atoms. The average Bonchev–Trinajstić information content (AvgIpc) is 3.05. The second-order valence-corrected chi connectivity index (χ2v) is 5.11. The Hall–Kier alpha value is -3.22. The van der Waals surface area contributed by atoms with E-state index in [2.05, 4.69) is 20.8 Å². The molecular weight excluding hydrogens is 294 g/mol. The molecule has 1 atom stereocenters. The van der Waals surface area contributed by atoms with E-state index in [1.165, 1.54) is 11.0 Å². The van der Waals surface area contributed by atoms with Gasteiger partial charge in [-0.15, -0.1) is 5.10 Å². The molecule has 7 heteroatoms. The highest BCUT2D eigenvalue weighted by molar-refractivity contribution is 5.96. The molecule has 0 saturated carbocycles. The number of aromatic hydroxyl groups is 1. The van der Waals surface area contributed by atoms with Gasteiger partial charge in [-0.1, -0.05) is 36.4 Å². The summed E-state index contributed by atoms with van der Waals surface area (Å²) in [4.78, 5) is 12.7. The molecule has 0 fully saturated rings. The van der Waals surface area contributed by atoms with Crippen LogP contribution < -0.4 is 5.32 Å². The number of tetrazole rings is 1. The Morgan fingerprint density at radius 1 is 1.22 bits per heavy atom. The van der Waals surface area contributed by atoms with Gasteiger partial charge in [0.05, 0.1) is 5.69 Å². The van der Waals surface area contributed by atoms with E-state index < -0.39 is 6.04 Å². The number of aromatic nitrogens is 4. The quantitative estimate of drug-likeness (QED) is 0.718. The molecule has 0 spiro atoms. The molecule has 1 heterocycles. The zero-order valence-electron chi connectivity index (χ0n) is 12.4. The van der Waals surface area contributed by atoms with Crippen molar-refractivity contribution in [3.05, 3.63) is 66.0 Å². The topological polar surface area (TPSA) is 92.9 Å². The second kappa shape index (κ2) is 6.27. The summed E-state index contributed by atoms with van der Waals surface area (Å²) in [7, 11) is 0. The van der Waals surface area contributed by atoms with Crippen molar-refractivity contribution >= 4 is 11.6 Å². The van der Waals surface area contributed by atoms with Crippen LogP contribution in [0.15, 0.2) is 54.9 Å². The van der Waals surface area contributed by atoms with Gasteiger partial charge < -0.3 is 10.4 Å². The number of nitrogens with one attached hydrogen (secondary N) is 1. The maximum Gasteiger partial charge on any atom is 0.254 e. The molecule has 0 aliphatic heterocycles. The van der Waals surface area contributed by atoms with Gasteiger partial charge in [0.25, 0.3) is 5.91 Å². The summed E-state index contributed by atoms with van der Waals surface area (Å²) in [6.07, 6.45) is 1.38. The Kier molecular flexibility index (Phi) is 4.01. The molecule has 0 aliphatic carbocycles. The number of nitrogens with zero attached hydrogens (tertiary/aromatic N) is 4. The minimum Gasteiger partial charge on any atom is -0.506 e. The number of phenolic OH excluding ortho intramolecular Hbond substituents is 1. The van der Waals surface area contributed by atoms with E-state index in [4.69, 9.17) is 0 Å². The van der Waals surface area contributed by atoms with Gasteiger partial charge in [0, 0.05) is 0 Å². The summed E-state index contributed by atoms with van der Waals surface area (Å²) in [5, 5.41) is 23.7. The minimum absolute atomic E-state index is 0.0156. The van der Waals surface area contributed by atoms with Gasteiger partial charge in [0.1, 0.15) is 12.1 Å². The van der Waals surface area contributed by atoms with Crippen molar-refractivity contribution in [2.24, 2.45) is 0 Å². The lowest BCUT2D eigenvalue weighted by molar-refractivity contribution is -0.118. The van der Waals surface area contributed by atoms with Crippen LogP contribution in [0.1, 0.15) is 17.2 Å². The van der Waals surface area contributed by atoms with E-state index in [-0.39, 0.29) is 11.7 Å². The highest BCUT2D eigenvalue weighted by Crippen LogP contribution is 2.26. The van der Waals surface area contributed by atoms with E-state index in [9.17, 15) is 9.90 Å². The van der Waals surface area contributed by atoms with Gasteiger partial charge in [-0.05, 0) is 40.6 Å². The Labute approximate surface area is 132 Å². The molecule has 0 aliphatic rings. The summed E-state index contributed by atoms with van der Waals surface area (Å²) >= 11 is 0. The third kappa shape index (κ3) is 3.18. The van der Waals surface area contributed by atoms with Crippen LogP contribution >= 0.6 is 0 Å². The first-order valence-corrected chi connectivity index (χ1v) is 7.03. The zero-order valence-corrected chi connectivity index (χ0v) is 12.4. The lowest BCUT2D eigenvalue weighted by Crippen LogP contribution is -2.27. The van der Waals surface area contributed by atoms with Gasteiger partial charge in [-0.2, -0.15) is 0 Å². The predicted octanol–water partition coefficient (Wildman–Crippen LogP) is 1.92. The molecule has 0 unspecified atom stereocenters. The third-order valence-corrected chi connectivity index (χ3v) is 3.40. The Morgan fingerprint density at radius 3 is 2.65 bits per heavy atom. The Bertz CT molecular complexity index is 803. The number of carbonyl (C=O) groups excluding carboxylic acids is 1. The van der Waals surface area contributed by atoms with E-state index >= 15 is 0 Å². The molecule has 1 amide bonds. The van der Waals surface area contributed by atoms with Crippen LogP contribution in [0, 0.1) is 6.92 Å². The standard InChI is InChI=1S/C16H15N5O2/c1-11-7-8-13(14(22)9-11)18-16(23)15(21-10-17-19-20-21)12-5-3-2-4-6-12/h2-10,15,22H,1H3,(H,18,23)/t15-/m1/s1. The van der Waals surface area contributed by atoms with E-state index in [1.807, 2.05) is 43.3 Å².